The van der Waals surface area contributed by atoms with Crippen LogP contribution in [0.1, 0.15) is 27.0 Å². The lowest BCUT2D eigenvalue weighted by molar-refractivity contribution is 0.100. The van der Waals surface area contributed by atoms with Gasteiger partial charge < -0.3 is 11.1 Å². The van der Waals surface area contributed by atoms with Gasteiger partial charge in [0.2, 0.25) is 5.91 Å². The Morgan fingerprint density at radius 3 is 2.60 bits per heavy atom. The van der Waals surface area contributed by atoms with Crippen LogP contribution in [0.25, 0.3) is 0 Å². The van der Waals surface area contributed by atoms with Crippen molar-refractivity contribution in [2.75, 3.05) is 5.32 Å². The zero-order valence-electron chi connectivity index (χ0n) is 11.5. The fraction of sp³-hybridized carbons (Fsp3) is 0.188. The predicted octanol–water partition coefficient (Wildman–Crippen LogP) is 3.15. The molecule has 0 bridgehead atoms. The van der Waals surface area contributed by atoms with Crippen molar-refractivity contribution in [3.05, 3.63) is 64.5 Å². The third-order valence-electron chi connectivity index (χ3n) is 3.22. The number of carbonyl (C=O) groups excluding carboxylic acids is 1. The van der Waals surface area contributed by atoms with Crippen LogP contribution in [0.15, 0.2) is 36.4 Å². The number of aryl methyl sites for hydroxylation is 2. The Balaban J connectivity index is 2.18. The topological polar surface area (TPSA) is 55.1 Å². The van der Waals surface area contributed by atoms with E-state index in [0.29, 0.717) is 6.54 Å². The molecule has 2 rings (SSSR count). The Labute approximate surface area is 117 Å². The normalized spacial score (nSPS) is 10.3. The van der Waals surface area contributed by atoms with Crippen LogP contribution in [0.3, 0.4) is 0 Å². The van der Waals surface area contributed by atoms with E-state index < -0.39 is 11.7 Å². The summed E-state index contributed by atoms with van der Waals surface area (Å²) in [6, 6.07) is 10.1. The number of primary amides is 1. The van der Waals surface area contributed by atoms with Crippen LogP contribution in [0.5, 0.6) is 0 Å². The zero-order chi connectivity index (χ0) is 14.7. The number of nitrogens with one attached hydrogen (secondary N) is 1. The van der Waals surface area contributed by atoms with Gasteiger partial charge in [0.05, 0.1) is 5.69 Å². The van der Waals surface area contributed by atoms with E-state index in [2.05, 4.69) is 11.4 Å². The minimum Gasteiger partial charge on any atom is -0.379 e. The lowest BCUT2D eigenvalue weighted by Crippen LogP contribution is -2.12. The molecule has 0 radical (unpaired) electrons. The lowest BCUT2D eigenvalue weighted by atomic mass is 10.1. The monoisotopic (exact) mass is 272 g/mol. The number of benzene rings is 2. The number of carbonyl (C=O) groups is 1. The summed E-state index contributed by atoms with van der Waals surface area (Å²) in [6.07, 6.45) is 0. The zero-order valence-corrected chi connectivity index (χ0v) is 11.5. The van der Waals surface area contributed by atoms with Crippen molar-refractivity contribution in [3.8, 4) is 0 Å². The molecule has 0 aliphatic carbocycles. The molecule has 3 N–H and O–H groups in total. The highest BCUT2D eigenvalue weighted by molar-refractivity contribution is 5.93. The molecule has 0 unspecified atom stereocenters. The molecule has 0 atom stereocenters. The summed E-state index contributed by atoms with van der Waals surface area (Å²) in [5.74, 6) is -0.973. The number of rotatable bonds is 4. The number of amides is 1. The highest BCUT2D eigenvalue weighted by Gasteiger charge is 2.07. The Morgan fingerprint density at radius 1 is 1.20 bits per heavy atom. The van der Waals surface area contributed by atoms with Gasteiger partial charge in [-0.1, -0.05) is 23.8 Å². The van der Waals surface area contributed by atoms with Gasteiger partial charge in [-0.15, -0.1) is 0 Å². The summed E-state index contributed by atoms with van der Waals surface area (Å²) in [5, 5.41) is 3.00. The molecule has 0 heterocycles. The molecule has 0 saturated carbocycles. The molecule has 0 fully saturated rings. The van der Waals surface area contributed by atoms with E-state index in [0.717, 1.165) is 11.1 Å². The van der Waals surface area contributed by atoms with Crippen LogP contribution in [0.4, 0.5) is 10.1 Å². The van der Waals surface area contributed by atoms with E-state index in [-0.39, 0.29) is 11.3 Å². The molecule has 2 aromatic carbocycles. The second-order valence-corrected chi connectivity index (χ2v) is 4.84. The summed E-state index contributed by atoms with van der Waals surface area (Å²) >= 11 is 0. The van der Waals surface area contributed by atoms with Crippen molar-refractivity contribution >= 4 is 11.6 Å². The van der Waals surface area contributed by atoms with Gasteiger partial charge in [-0.25, -0.2) is 4.39 Å². The fourth-order valence-electron chi connectivity index (χ4n) is 2.05. The number of hydrogen-bond acceptors (Lipinski definition) is 2. The van der Waals surface area contributed by atoms with E-state index in [1.165, 1.54) is 23.8 Å². The number of halogens is 1. The van der Waals surface area contributed by atoms with Crippen molar-refractivity contribution in [2.24, 2.45) is 5.73 Å². The van der Waals surface area contributed by atoms with Gasteiger partial charge in [-0.2, -0.15) is 0 Å². The molecule has 2 aromatic rings. The molecule has 3 nitrogen and oxygen atoms in total. The van der Waals surface area contributed by atoms with Gasteiger partial charge in [0, 0.05) is 12.1 Å². The standard InChI is InChI=1S/C16H17FN2O/c1-10-3-4-13(11(2)7-10)9-19-15-8-12(16(18)20)5-6-14(15)17/h3-8,19H,9H2,1-2H3,(H2,18,20). The number of nitrogens with two attached hydrogens (primary N) is 1. The van der Waals surface area contributed by atoms with Gasteiger partial charge >= 0.3 is 0 Å². The third-order valence-corrected chi connectivity index (χ3v) is 3.22. The van der Waals surface area contributed by atoms with Crippen LogP contribution in [-0.2, 0) is 6.54 Å². The first-order chi connectivity index (χ1) is 9.47. The smallest absolute Gasteiger partial charge is 0.248 e. The maximum absolute atomic E-state index is 13.7. The van der Waals surface area contributed by atoms with E-state index in [4.69, 9.17) is 5.73 Å². The van der Waals surface area contributed by atoms with Gasteiger partial charge in [0.1, 0.15) is 5.82 Å². The maximum atomic E-state index is 13.7. The molecule has 0 spiro atoms. The fourth-order valence-corrected chi connectivity index (χ4v) is 2.05. The first-order valence-corrected chi connectivity index (χ1v) is 6.36. The lowest BCUT2D eigenvalue weighted by Gasteiger charge is -2.11. The quantitative estimate of drug-likeness (QED) is 0.898. The molecule has 20 heavy (non-hydrogen) atoms. The average molecular weight is 272 g/mol. The van der Waals surface area contributed by atoms with Gasteiger partial charge in [0.25, 0.3) is 0 Å². The third kappa shape index (κ3) is 3.15. The van der Waals surface area contributed by atoms with Crippen LogP contribution < -0.4 is 11.1 Å². The predicted molar refractivity (Wildman–Crippen MR) is 78.2 cm³/mol. The molecule has 0 aliphatic heterocycles. The van der Waals surface area contributed by atoms with E-state index in [1.54, 1.807) is 0 Å². The van der Waals surface area contributed by atoms with Crippen LogP contribution in [0, 0.1) is 19.7 Å². The first-order valence-electron chi connectivity index (χ1n) is 6.36. The molecule has 104 valence electrons. The summed E-state index contributed by atoms with van der Waals surface area (Å²) in [5.41, 5.74) is 9.17. The minimum absolute atomic E-state index is 0.279. The summed E-state index contributed by atoms with van der Waals surface area (Å²) < 4.78 is 13.7. The summed E-state index contributed by atoms with van der Waals surface area (Å²) in [4.78, 5) is 11.1. The molecule has 4 heteroatoms. The van der Waals surface area contributed by atoms with E-state index in [1.807, 2.05) is 26.0 Å². The SMILES string of the molecule is Cc1ccc(CNc2cc(C(N)=O)ccc2F)c(C)c1. The van der Waals surface area contributed by atoms with Crippen molar-refractivity contribution in [1.29, 1.82) is 0 Å². The Morgan fingerprint density at radius 2 is 1.95 bits per heavy atom. The molecule has 1 amide bonds. The van der Waals surface area contributed by atoms with E-state index in [9.17, 15) is 9.18 Å². The van der Waals surface area contributed by atoms with Crippen LogP contribution in [-0.4, -0.2) is 5.91 Å². The van der Waals surface area contributed by atoms with Gasteiger partial charge in [0.15, 0.2) is 0 Å². The summed E-state index contributed by atoms with van der Waals surface area (Å²) in [6.45, 7) is 4.53. The molecular formula is C16H17FN2O. The minimum atomic E-state index is -0.570. The second kappa shape index (κ2) is 5.74. The first kappa shape index (κ1) is 14.1. The molecule has 0 saturated heterocycles. The highest BCUT2D eigenvalue weighted by Crippen LogP contribution is 2.18. The van der Waals surface area contributed by atoms with Crippen molar-refractivity contribution in [2.45, 2.75) is 20.4 Å². The molecule has 0 aromatic heterocycles. The molecular weight excluding hydrogens is 255 g/mol. The Bertz CT molecular complexity index is 653. The number of anilines is 1. The Hall–Kier alpha value is -2.36. The van der Waals surface area contributed by atoms with E-state index >= 15 is 0 Å². The van der Waals surface area contributed by atoms with Crippen molar-refractivity contribution in [3.63, 3.8) is 0 Å². The average Bonchev–Trinajstić information content (AvgIpc) is 2.39. The Kier molecular flexibility index (Phi) is 4.03. The van der Waals surface area contributed by atoms with Crippen molar-refractivity contribution in [1.82, 2.24) is 0 Å². The maximum Gasteiger partial charge on any atom is 0.248 e. The van der Waals surface area contributed by atoms with Gasteiger partial charge in [-0.3, -0.25) is 4.79 Å². The second-order valence-electron chi connectivity index (χ2n) is 4.84. The van der Waals surface area contributed by atoms with Gasteiger partial charge in [-0.05, 0) is 43.2 Å². The largest absolute Gasteiger partial charge is 0.379 e. The van der Waals surface area contributed by atoms with Crippen molar-refractivity contribution < 1.29 is 9.18 Å². The summed E-state index contributed by atoms with van der Waals surface area (Å²) in [7, 11) is 0. The molecule has 0 aliphatic rings. The highest BCUT2D eigenvalue weighted by atomic mass is 19.1. The number of hydrogen-bond donors (Lipinski definition) is 2. The van der Waals surface area contributed by atoms with Crippen LogP contribution >= 0.6 is 0 Å². The van der Waals surface area contributed by atoms with Crippen LogP contribution in [0.2, 0.25) is 0 Å².